The Morgan fingerprint density at radius 2 is 2.20 bits per heavy atom. The van der Waals surface area contributed by atoms with Crippen LogP contribution in [-0.4, -0.2) is 37.8 Å². The van der Waals surface area contributed by atoms with Gasteiger partial charge in [0.25, 0.3) is 0 Å². The van der Waals surface area contributed by atoms with Gasteiger partial charge in [-0.15, -0.1) is 0 Å². The average molecular weight is 207 g/mol. The van der Waals surface area contributed by atoms with E-state index >= 15 is 0 Å². The van der Waals surface area contributed by atoms with Gasteiger partial charge < -0.3 is 15.4 Å². The summed E-state index contributed by atoms with van der Waals surface area (Å²) in [4.78, 5) is 6.63. The summed E-state index contributed by atoms with van der Waals surface area (Å²) in [5, 5.41) is 0. The Morgan fingerprint density at radius 3 is 2.93 bits per heavy atom. The number of anilines is 1. The maximum atomic E-state index is 5.54. The molecule has 1 aromatic heterocycles. The van der Waals surface area contributed by atoms with Gasteiger partial charge in [-0.05, 0) is 30.7 Å². The molecule has 0 bridgehead atoms. The second-order valence-electron chi connectivity index (χ2n) is 3.66. The van der Waals surface area contributed by atoms with E-state index in [1.165, 1.54) is 5.56 Å². The van der Waals surface area contributed by atoms with Crippen LogP contribution in [0.15, 0.2) is 18.3 Å². The molecule has 0 aliphatic carbocycles. The standard InChI is InChI=1S/C11H17N3O/c12-3-1-10-2-4-13-11(9-10)14-5-7-15-8-6-14/h2,4,9H,1,3,5-8,12H2. The van der Waals surface area contributed by atoms with E-state index in [-0.39, 0.29) is 0 Å². The van der Waals surface area contributed by atoms with Crippen LogP contribution in [0, 0.1) is 0 Å². The first kappa shape index (κ1) is 10.4. The van der Waals surface area contributed by atoms with Crippen LogP contribution in [0.2, 0.25) is 0 Å². The average Bonchev–Trinajstić information content (AvgIpc) is 2.31. The van der Waals surface area contributed by atoms with Gasteiger partial charge in [0.2, 0.25) is 0 Å². The second kappa shape index (κ2) is 5.09. The summed E-state index contributed by atoms with van der Waals surface area (Å²) in [6.07, 6.45) is 2.77. The first-order valence-corrected chi connectivity index (χ1v) is 5.38. The molecular weight excluding hydrogens is 190 g/mol. The molecule has 2 heterocycles. The minimum absolute atomic E-state index is 0.687. The highest BCUT2D eigenvalue weighted by Crippen LogP contribution is 2.14. The predicted octanol–water partition coefficient (Wildman–Crippen LogP) is 0.419. The van der Waals surface area contributed by atoms with Gasteiger partial charge in [0, 0.05) is 19.3 Å². The van der Waals surface area contributed by atoms with Crippen molar-refractivity contribution in [3.05, 3.63) is 23.9 Å². The highest BCUT2D eigenvalue weighted by Gasteiger charge is 2.12. The van der Waals surface area contributed by atoms with Crippen molar-refractivity contribution in [3.8, 4) is 0 Å². The summed E-state index contributed by atoms with van der Waals surface area (Å²) in [6, 6.07) is 4.15. The molecule has 1 aliphatic rings. The van der Waals surface area contributed by atoms with E-state index in [4.69, 9.17) is 10.5 Å². The molecule has 0 aromatic carbocycles. The van der Waals surface area contributed by atoms with Crippen LogP contribution < -0.4 is 10.6 Å². The van der Waals surface area contributed by atoms with Crippen molar-refractivity contribution in [1.82, 2.24) is 4.98 Å². The molecule has 2 rings (SSSR count). The number of ether oxygens (including phenoxy) is 1. The number of rotatable bonds is 3. The van der Waals surface area contributed by atoms with Crippen molar-refractivity contribution in [2.75, 3.05) is 37.7 Å². The molecule has 0 saturated carbocycles. The lowest BCUT2D eigenvalue weighted by Crippen LogP contribution is -2.36. The van der Waals surface area contributed by atoms with Crippen molar-refractivity contribution >= 4 is 5.82 Å². The van der Waals surface area contributed by atoms with Crippen molar-refractivity contribution in [3.63, 3.8) is 0 Å². The third-order valence-corrected chi connectivity index (χ3v) is 2.58. The summed E-state index contributed by atoms with van der Waals surface area (Å²) in [7, 11) is 0. The van der Waals surface area contributed by atoms with Gasteiger partial charge in [0.1, 0.15) is 5.82 Å². The summed E-state index contributed by atoms with van der Waals surface area (Å²) >= 11 is 0. The molecule has 2 N–H and O–H groups in total. The summed E-state index contributed by atoms with van der Waals surface area (Å²) in [5.74, 6) is 1.05. The lowest BCUT2D eigenvalue weighted by atomic mass is 10.2. The highest BCUT2D eigenvalue weighted by atomic mass is 16.5. The van der Waals surface area contributed by atoms with E-state index in [9.17, 15) is 0 Å². The summed E-state index contributed by atoms with van der Waals surface area (Å²) < 4.78 is 5.31. The number of pyridine rings is 1. The third-order valence-electron chi connectivity index (χ3n) is 2.58. The van der Waals surface area contributed by atoms with Crippen molar-refractivity contribution in [2.24, 2.45) is 5.73 Å². The molecular formula is C11H17N3O. The monoisotopic (exact) mass is 207 g/mol. The molecule has 0 radical (unpaired) electrons. The molecule has 82 valence electrons. The van der Waals surface area contributed by atoms with Crippen LogP contribution in [0.25, 0.3) is 0 Å². The Bertz CT molecular complexity index is 310. The summed E-state index contributed by atoms with van der Waals surface area (Å²) in [5.41, 5.74) is 6.79. The lowest BCUT2D eigenvalue weighted by molar-refractivity contribution is 0.122. The number of aromatic nitrogens is 1. The Hall–Kier alpha value is -1.13. The molecule has 0 amide bonds. The van der Waals surface area contributed by atoms with Gasteiger partial charge >= 0.3 is 0 Å². The molecule has 15 heavy (non-hydrogen) atoms. The molecule has 1 saturated heterocycles. The molecule has 1 aliphatic heterocycles. The predicted molar refractivity (Wildman–Crippen MR) is 60.0 cm³/mol. The maximum Gasteiger partial charge on any atom is 0.128 e. The largest absolute Gasteiger partial charge is 0.378 e. The maximum absolute atomic E-state index is 5.54. The zero-order valence-electron chi connectivity index (χ0n) is 8.85. The fourth-order valence-corrected chi connectivity index (χ4v) is 1.75. The summed E-state index contributed by atoms with van der Waals surface area (Å²) in [6.45, 7) is 4.14. The van der Waals surface area contributed by atoms with E-state index in [1.807, 2.05) is 12.3 Å². The van der Waals surface area contributed by atoms with E-state index in [2.05, 4.69) is 16.0 Å². The minimum Gasteiger partial charge on any atom is -0.378 e. The Balaban J connectivity index is 2.09. The van der Waals surface area contributed by atoms with Crippen molar-refractivity contribution in [2.45, 2.75) is 6.42 Å². The Kier molecular flexibility index (Phi) is 3.53. The molecule has 0 atom stereocenters. The zero-order valence-corrected chi connectivity index (χ0v) is 8.85. The highest BCUT2D eigenvalue weighted by molar-refractivity contribution is 5.41. The smallest absolute Gasteiger partial charge is 0.128 e. The van der Waals surface area contributed by atoms with E-state index < -0.39 is 0 Å². The number of hydrogen-bond donors (Lipinski definition) is 1. The molecule has 1 aromatic rings. The molecule has 0 spiro atoms. The number of nitrogens with two attached hydrogens (primary N) is 1. The lowest BCUT2D eigenvalue weighted by Gasteiger charge is -2.28. The number of nitrogens with zero attached hydrogens (tertiary/aromatic N) is 2. The van der Waals surface area contributed by atoms with Crippen LogP contribution in [0.4, 0.5) is 5.82 Å². The Labute approximate surface area is 90.0 Å². The van der Waals surface area contributed by atoms with E-state index in [0.717, 1.165) is 38.5 Å². The van der Waals surface area contributed by atoms with Gasteiger partial charge in [-0.25, -0.2) is 4.98 Å². The normalized spacial score (nSPS) is 16.7. The first-order valence-electron chi connectivity index (χ1n) is 5.38. The van der Waals surface area contributed by atoms with Crippen LogP contribution >= 0.6 is 0 Å². The minimum atomic E-state index is 0.687. The topological polar surface area (TPSA) is 51.4 Å². The molecule has 4 nitrogen and oxygen atoms in total. The fourth-order valence-electron chi connectivity index (χ4n) is 1.75. The van der Waals surface area contributed by atoms with Gasteiger partial charge in [-0.3, -0.25) is 0 Å². The van der Waals surface area contributed by atoms with Gasteiger partial charge in [0.15, 0.2) is 0 Å². The van der Waals surface area contributed by atoms with Gasteiger partial charge in [-0.1, -0.05) is 0 Å². The molecule has 0 unspecified atom stereocenters. The van der Waals surface area contributed by atoms with E-state index in [1.54, 1.807) is 0 Å². The number of morpholine rings is 1. The van der Waals surface area contributed by atoms with Crippen LogP contribution in [0.5, 0.6) is 0 Å². The van der Waals surface area contributed by atoms with Gasteiger partial charge in [0.05, 0.1) is 13.2 Å². The second-order valence-corrected chi connectivity index (χ2v) is 3.66. The molecule has 1 fully saturated rings. The van der Waals surface area contributed by atoms with E-state index in [0.29, 0.717) is 6.54 Å². The fraction of sp³-hybridized carbons (Fsp3) is 0.545. The van der Waals surface area contributed by atoms with Crippen LogP contribution in [0.3, 0.4) is 0 Å². The van der Waals surface area contributed by atoms with Crippen molar-refractivity contribution in [1.29, 1.82) is 0 Å². The quantitative estimate of drug-likeness (QED) is 0.780. The van der Waals surface area contributed by atoms with Crippen LogP contribution in [0.1, 0.15) is 5.56 Å². The third kappa shape index (κ3) is 2.67. The SMILES string of the molecule is NCCc1ccnc(N2CCOCC2)c1. The van der Waals surface area contributed by atoms with Gasteiger partial charge in [-0.2, -0.15) is 0 Å². The van der Waals surface area contributed by atoms with Crippen molar-refractivity contribution < 1.29 is 4.74 Å². The number of hydrogen-bond acceptors (Lipinski definition) is 4. The molecule has 4 heteroatoms. The Morgan fingerprint density at radius 1 is 1.40 bits per heavy atom. The first-order chi connectivity index (χ1) is 7.40. The zero-order chi connectivity index (χ0) is 10.5. The van der Waals surface area contributed by atoms with Crippen LogP contribution in [-0.2, 0) is 11.2 Å².